The van der Waals surface area contributed by atoms with E-state index >= 15 is 0 Å². The Bertz CT molecular complexity index is 728. The van der Waals surface area contributed by atoms with Crippen LogP contribution in [0.1, 0.15) is 11.3 Å². The number of aromatic nitrogens is 1. The van der Waals surface area contributed by atoms with Crippen molar-refractivity contribution in [3.63, 3.8) is 0 Å². The van der Waals surface area contributed by atoms with Crippen LogP contribution in [0.5, 0.6) is 0 Å². The number of nitrogens with zero attached hydrogens (tertiary/aromatic N) is 3. The van der Waals surface area contributed by atoms with Gasteiger partial charge in [-0.15, -0.1) is 5.10 Å². The van der Waals surface area contributed by atoms with Crippen LogP contribution in [0.2, 0.25) is 0 Å². The molecule has 1 aromatic heterocycles. The molecule has 0 fully saturated rings. The maximum atomic E-state index is 14.2. The fraction of sp³-hybridized carbons (Fsp3) is 0.200. The Balaban J connectivity index is 2.03. The van der Waals surface area contributed by atoms with Crippen molar-refractivity contribution in [2.24, 2.45) is 16.7 Å². The zero-order valence-corrected chi connectivity index (χ0v) is 14.0. The Morgan fingerprint density at radius 1 is 1.32 bits per heavy atom. The first-order chi connectivity index (χ1) is 12.0. The van der Waals surface area contributed by atoms with Crippen molar-refractivity contribution in [1.82, 2.24) is 14.8 Å². The van der Waals surface area contributed by atoms with E-state index in [4.69, 9.17) is 16.7 Å². The lowest BCUT2D eigenvalue weighted by molar-refractivity contribution is 0.286. The molecule has 0 saturated carbocycles. The van der Waals surface area contributed by atoms with Crippen LogP contribution in [0.3, 0.4) is 0 Å². The average molecular weight is 368 g/mol. The van der Waals surface area contributed by atoms with Gasteiger partial charge in [0.2, 0.25) is 0 Å². The highest BCUT2D eigenvalue weighted by atomic mass is 32.2. The van der Waals surface area contributed by atoms with Gasteiger partial charge in [-0.25, -0.2) is 19.7 Å². The van der Waals surface area contributed by atoms with Gasteiger partial charge in [0.15, 0.2) is 5.84 Å². The number of aliphatic hydroxyl groups is 1. The molecule has 1 heterocycles. The van der Waals surface area contributed by atoms with Crippen molar-refractivity contribution in [1.29, 1.82) is 0 Å². The van der Waals surface area contributed by atoms with E-state index < -0.39 is 11.6 Å². The van der Waals surface area contributed by atoms with Crippen LogP contribution in [0.15, 0.2) is 46.5 Å². The highest BCUT2D eigenvalue weighted by Gasteiger charge is 2.10. The second kappa shape index (κ2) is 9.28. The third kappa shape index (κ3) is 5.94. The molecule has 0 radical (unpaired) electrons. The molecule has 0 atom stereocenters. The van der Waals surface area contributed by atoms with Crippen molar-refractivity contribution >= 4 is 17.8 Å². The molecule has 1 aromatic carbocycles. The summed E-state index contributed by atoms with van der Waals surface area (Å²) in [5.74, 6) is 4.61. The third-order valence-corrected chi connectivity index (χ3v) is 3.81. The van der Waals surface area contributed by atoms with Gasteiger partial charge in [-0.1, -0.05) is 0 Å². The Morgan fingerprint density at radius 3 is 2.76 bits per heavy atom. The van der Waals surface area contributed by atoms with Gasteiger partial charge in [-0.2, -0.15) is 0 Å². The summed E-state index contributed by atoms with van der Waals surface area (Å²) in [6.45, 7) is 0.460. The normalized spacial score (nSPS) is 11.6. The number of hydrazine groups is 1. The number of benzene rings is 1. The lowest BCUT2D eigenvalue weighted by Crippen LogP contribution is -2.29. The van der Waals surface area contributed by atoms with Gasteiger partial charge in [0, 0.05) is 11.4 Å². The summed E-state index contributed by atoms with van der Waals surface area (Å²) < 4.78 is 29.8. The van der Waals surface area contributed by atoms with Crippen LogP contribution in [0.25, 0.3) is 0 Å². The predicted octanol–water partition coefficient (Wildman–Crippen LogP) is 0.945. The molecule has 2 aromatic rings. The number of nitrogens with two attached hydrogens (primary N) is 2. The summed E-state index contributed by atoms with van der Waals surface area (Å²) in [5, 5.41) is 13.6. The number of amidine groups is 1. The van der Waals surface area contributed by atoms with Crippen molar-refractivity contribution in [2.75, 3.05) is 13.2 Å². The quantitative estimate of drug-likeness (QED) is 0.137. The first kappa shape index (κ1) is 19.1. The van der Waals surface area contributed by atoms with Gasteiger partial charge >= 0.3 is 0 Å². The fourth-order valence-electron chi connectivity index (χ4n) is 1.84. The van der Waals surface area contributed by atoms with Gasteiger partial charge in [-0.05, 0) is 42.3 Å². The molecule has 6 N–H and O–H groups in total. The number of rotatable bonds is 8. The van der Waals surface area contributed by atoms with E-state index in [9.17, 15) is 8.78 Å². The Morgan fingerprint density at radius 2 is 2.12 bits per heavy atom. The second-order valence-corrected chi connectivity index (χ2v) is 5.88. The van der Waals surface area contributed by atoms with E-state index in [-0.39, 0.29) is 24.6 Å². The summed E-state index contributed by atoms with van der Waals surface area (Å²) in [6.07, 6.45) is 1.07. The summed E-state index contributed by atoms with van der Waals surface area (Å²) in [5.41, 5.74) is 6.39. The van der Waals surface area contributed by atoms with Crippen molar-refractivity contribution < 1.29 is 13.9 Å². The van der Waals surface area contributed by atoms with E-state index in [1.807, 2.05) is 0 Å². The van der Waals surface area contributed by atoms with Gasteiger partial charge < -0.3 is 10.8 Å². The molecular weight excluding hydrogens is 350 g/mol. The molecule has 134 valence electrons. The lowest BCUT2D eigenvalue weighted by atomic mass is 10.2. The second-order valence-electron chi connectivity index (χ2n) is 4.91. The lowest BCUT2D eigenvalue weighted by Gasteiger charge is -2.13. The number of aliphatic hydroxyl groups excluding tert-OH is 1. The Kier molecular flexibility index (Phi) is 7.07. The van der Waals surface area contributed by atoms with Crippen LogP contribution in [0.4, 0.5) is 8.78 Å². The van der Waals surface area contributed by atoms with Gasteiger partial charge in [0.25, 0.3) is 0 Å². The molecule has 0 aliphatic rings. The topological polar surface area (TPSA) is 113 Å². The van der Waals surface area contributed by atoms with E-state index in [1.54, 1.807) is 6.07 Å². The Labute approximate surface area is 147 Å². The smallest absolute Gasteiger partial charge is 0.155 e. The molecule has 0 bridgehead atoms. The largest absolute Gasteiger partial charge is 0.395 e. The molecular formula is C15H18F2N6OS. The molecule has 0 saturated heterocycles. The van der Waals surface area contributed by atoms with Gasteiger partial charge in [0.05, 0.1) is 30.6 Å². The Hall–Kier alpha value is -2.27. The molecule has 0 spiro atoms. The zero-order valence-electron chi connectivity index (χ0n) is 13.2. The maximum absolute atomic E-state index is 14.2. The summed E-state index contributed by atoms with van der Waals surface area (Å²) >= 11 is 1.19. The monoisotopic (exact) mass is 368 g/mol. The van der Waals surface area contributed by atoms with E-state index in [0.29, 0.717) is 17.1 Å². The minimum atomic E-state index is -0.551. The minimum absolute atomic E-state index is 0.0115. The molecule has 10 heteroatoms. The first-order valence-corrected chi connectivity index (χ1v) is 8.08. The van der Waals surface area contributed by atoms with E-state index in [0.717, 1.165) is 11.3 Å². The molecule has 0 amide bonds. The van der Waals surface area contributed by atoms with Crippen LogP contribution < -0.4 is 16.3 Å². The van der Waals surface area contributed by atoms with Crippen molar-refractivity contribution in [3.8, 4) is 0 Å². The van der Waals surface area contributed by atoms with Crippen LogP contribution >= 0.6 is 11.9 Å². The summed E-state index contributed by atoms with van der Waals surface area (Å²) in [7, 11) is 0. The summed E-state index contributed by atoms with van der Waals surface area (Å²) in [6, 6.07) is 7.17. The van der Waals surface area contributed by atoms with Gasteiger partial charge in [-0.3, -0.25) is 9.71 Å². The highest BCUT2D eigenvalue weighted by molar-refractivity contribution is 7.97. The zero-order chi connectivity index (χ0) is 18.2. The average Bonchev–Trinajstić information content (AvgIpc) is 2.57. The number of hydrogen-bond donors (Lipinski definition) is 4. The molecule has 0 aliphatic heterocycles. The van der Waals surface area contributed by atoms with Crippen LogP contribution in [-0.4, -0.2) is 34.2 Å². The van der Waals surface area contributed by atoms with E-state index in [2.05, 4.69) is 14.8 Å². The molecule has 7 nitrogen and oxygen atoms in total. The number of pyridine rings is 1. The number of halogens is 2. The highest BCUT2D eigenvalue weighted by Crippen LogP contribution is 2.18. The summed E-state index contributed by atoms with van der Waals surface area (Å²) in [4.78, 5) is 4.48. The van der Waals surface area contributed by atoms with Crippen molar-refractivity contribution in [2.45, 2.75) is 11.4 Å². The predicted molar refractivity (Wildman–Crippen MR) is 92.0 cm³/mol. The fourth-order valence-corrected chi connectivity index (χ4v) is 2.50. The first-order valence-electron chi connectivity index (χ1n) is 7.27. The van der Waals surface area contributed by atoms with Crippen molar-refractivity contribution in [3.05, 3.63) is 59.4 Å². The van der Waals surface area contributed by atoms with Crippen LogP contribution in [-0.2, 0) is 6.54 Å². The molecule has 0 aliphatic carbocycles. The number of hydrazone groups is 1. The minimum Gasteiger partial charge on any atom is -0.395 e. The SMILES string of the molecule is N/C(=N\N(N)Cc1ccc(F)cn1)c1ccc(SNCCO)cc1F. The molecule has 25 heavy (non-hydrogen) atoms. The van der Waals surface area contributed by atoms with Gasteiger partial charge in [0.1, 0.15) is 11.6 Å². The molecule has 2 rings (SSSR count). The standard InChI is InChI=1S/C15H18F2N6OS/c16-10-1-2-11(20-8-10)9-23(19)22-15(18)13-4-3-12(7-14(13)17)25-21-5-6-24/h1-4,7-8,21,24H,5-6,9,19H2,(H2,18,22). The molecule has 0 unspecified atom stereocenters. The number of hydrogen-bond acceptors (Lipinski definition) is 7. The number of nitrogens with one attached hydrogen (secondary N) is 1. The maximum Gasteiger partial charge on any atom is 0.155 e. The van der Waals surface area contributed by atoms with E-state index in [1.165, 1.54) is 36.2 Å². The third-order valence-electron chi connectivity index (χ3n) is 2.97. The van der Waals surface area contributed by atoms with Crippen LogP contribution in [0, 0.1) is 11.6 Å².